The van der Waals surface area contributed by atoms with Gasteiger partial charge in [-0.2, -0.15) is 5.10 Å². The standard InChI is InChI=1S/C18H17N5O2/c1-11-19-18(23(22-11)15-5-3-4-6-16(15)25-2)12-7-8-13-14(9-12)21-17(10-24)20-13/h3-9,24H,10H2,1-2H3,(H,20,21). The number of nitrogens with zero attached hydrogens (tertiary/aromatic N) is 4. The molecule has 7 nitrogen and oxygen atoms in total. The van der Waals surface area contributed by atoms with Crippen molar-refractivity contribution in [3.63, 3.8) is 0 Å². The van der Waals surface area contributed by atoms with Crippen LogP contribution in [0.2, 0.25) is 0 Å². The van der Waals surface area contributed by atoms with Crippen molar-refractivity contribution < 1.29 is 9.84 Å². The molecule has 0 fully saturated rings. The van der Waals surface area contributed by atoms with Crippen LogP contribution in [0.3, 0.4) is 0 Å². The molecule has 7 heteroatoms. The fourth-order valence-electron chi connectivity index (χ4n) is 2.85. The summed E-state index contributed by atoms with van der Waals surface area (Å²) in [6.07, 6.45) is 0. The number of aliphatic hydroxyl groups excluding tert-OH is 1. The fourth-order valence-corrected chi connectivity index (χ4v) is 2.85. The molecule has 0 saturated heterocycles. The average Bonchev–Trinajstić information content (AvgIpc) is 3.23. The Hall–Kier alpha value is -3.19. The summed E-state index contributed by atoms with van der Waals surface area (Å²) < 4.78 is 7.23. The van der Waals surface area contributed by atoms with Crippen LogP contribution < -0.4 is 4.74 Å². The predicted octanol–water partition coefficient (Wildman–Crippen LogP) is 2.62. The number of aliphatic hydroxyl groups is 1. The van der Waals surface area contributed by atoms with Gasteiger partial charge in [-0.1, -0.05) is 12.1 Å². The molecule has 2 aromatic carbocycles. The molecular weight excluding hydrogens is 318 g/mol. The number of nitrogens with one attached hydrogen (secondary N) is 1. The number of H-pyrrole nitrogens is 1. The fraction of sp³-hybridized carbons (Fsp3) is 0.167. The Morgan fingerprint density at radius 3 is 2.80 bits per heavy atom. The van der Waals surface area contributed by atoms with E-state index in [0.717, 1.165) is 28.0 Å². The number of benzene rings is 2. The topological polar surface area (TPSA) is 88.8 Å². The van der Waals surface area contributed by atoms with Crippen molar-refractivity contribution in [2.45, 2.75) is 13.5 Å². The SMILES string of the molecule is COc1ccccc1-n1nc(C)nc1-c1ccc2nc(CO)[nH]c2c1. The number of rotatable bonds is 4. The molecule has 4 rings (SSSR count). The lowest BCUT2D eigenvalue weighted by Crippen LogP contribution is -2.02. The molecule has 0 saturated carbocycles. The molecule has 2 heterocycles. The van der Waals surface area contributed by atoms with Gasteiger partial charge < -0.3 is 14.8 Å². The highest BCUT2D eigenvalue weighted by Crippen LogP contribution is 2.28. The van der Waals surface area contributed by atoms with Crippen molar-refractivity contribution in [3.8, 4) is 22.8 Å². The lowest BCUT2D eigenvalue weighted by molar-refractivity contribution is 0.273. The maximum absolute atomic E-state index is 9.24. The Labute approximate surface area is 143 Å². The number of para-hydroxylation sites is 2. The molecule has 0 radical (unpaired) electrons. The van der Waals surface area contributed by atoms with Crippen LogP contribution in [0, 0.1) is 6.92 Å². The van der Waals surface area contributed by atoms with Gasteiger partial charge in [0.2, 0.25) is 0 Å². The highest BCUT2D eigenvalue weighted by atomic mass is 16.5. The summed E-state index contributed by atoms with van der Waals surface area (Å²) in [4.78, 5) is 12.0. The zero-order valence-electron chi connectivity index (χ0n) is 13.9. The van der Waals surface area contributed by atoms with Gasteiger partial charge in [-0.3, -0.25) is 0 Å². The molecule has 0 aliphatic rings. The van der Waals surface area contributed by atoms with Crippen LogP contribution in [0.4, 0.5) is 0 Å². The smallest absolute Gasteiger partial charge is 0.163 e. The van der Waals surface area contributed by atoms with Gasteiger partial charge in [-0.05, 0) is 37.3 Å². The van der Waals surface area contributed by atoms with Crippen LogP contribution in [-0.4, -0.2) is 36.9 Å². The Balaban J connectivity index is 1.89. The van der Waals surface area contributed by atoms with Crippen LogP contribution in [0.5, 0.6) is 5.75 Å². The Kier molecular flexibility index (Phi) is 3.70. The van der Waals surface area contributed by atoms with E-state index in [-0.39, 0.29) is 6.61 Å². The molecule has 0 aliphatic heterocycles. The largest absolute Gasteiger partial charge is 0.494 e. The normalized spacial score (nSPS) is 11.2. The number of hydrogen-bond acceptors (Lipinski definition) is 5. The van der Waals surface area contributed by atoms with Crippen LogP contribution in [0.25, 0.3) is 28.1 Å². The number of imidazole rings is 1. The molecule has 126 valence electrons. The summed E-state index contributed by atoms with van der Waals surface area (Å²) in [7, 11) is 1.63. The molecule has 0 amide bonds. The number of aromatic nitrogens is 5. The van der Waals surface area contributed by atoms with Crippen molar-refractivity contribution >= 4 is 11.0 Å². The van der Waals surface area contributed by atoms with Gasteiger partial charge in [0.15, 0.2) is 5.82 Å². The first-order valence-corrected chi connectivity index (χ1v) is 7.86. The zero-order chi connectivity index (χ0) is 17.4. The third-order valence-electron chi connectivity index (χ3n) is 3.97. The van der Waals surface area contributed by atoms with Crippen molar-refractivity contribution in [1.29, 1.82) is 0 Å². The van der Waals surface area contributed by atoms with E-state index in [1.54, 1.807) is 11.8 Å². The summed E-state index contributed by atoms with van der Waals surface area (Å²) in [5.74, 6) is 2.64. The van der Waals surface area contributed by atoms with Crippen molar-refractivity contribution in [2.75, 3.05) is 7.11 Å². The number of hydrogen-bond donors (Lipinski definition) is 2. The van der Waals surface area contributed by atoms with E-state index >= 15 is 0 Å². The van der Waals surface area contributed by atoms with E-state index in [4.69, 9.17) is 4.74 Å². The van der Waals surface area contributed by atoms with Gasteiger partial charge in [-0.15, -0.1) is 0 Å². The number of aryl methyl sites for hydroxylation is 1. The Morgan fingerprint density at radius 2 is 2.00 bits per heavy atom. The average molecular weight is 335 g/mol. The van der Waals surface area contributed by atoms with Gasteiger partial charge in [0, 0.05) is 5.56 Å². The molecule has 2 N–H and O–H groups in total. The lowest BCUT2D eigenvalue weighted by atomic mass is 10.2. The Bertz CT molecular complexity index is 1050. The van der Waals surface area contributed by atoms with Crippen molar-refractivity contribution in [2.24, 2.45) is 0 Å². The monoisotopic (exact) mass is 335 g/mol. The predicted molar refractivity (Wildman–Crippen MR) is 93.7 cm³/mol. The van der Waals surface area contributed by atoms with E-state index in [0.29, 0.717) is 17.5 Å². The second-order valence-electron chi connectivity index (χ2n) is 5.64. The molecular formula is C18H17N5O2. The van der Waals surface area contributed by atoms with Gasteiger partial charge in [0.1, 0.15) is 29.7 Å². The highest BCUT2D eigenvalue weighted by Gasteiger charge is 2.16. The van der Waals surface area contributed by atoms with Gasteiger partial charge in [0.05, 0.1) is 18.1 Å². The van der Waals surface area contributed by atoms with E-state index in [9.17, 15) is 5.11 Å². The summed E-state index contributed by atoms with van der Waals surface area (Å²) in [5, 5.41) is 13.8. The summed E-state index contributed by atoms with van der Waals surface area (Å²) in [6.45, 7) is 1.73. The molecule has 0 bridgehead atoms. The number of methoxy groups -OCH3 is 1. The molecule has 4 aromatic rings. The third-order valence-corrected chi connectivity index (χ3v) is 3.97. The van der Waals surface area contributed by atoms with E-state index in [2.05, 4.69) is 20.1 Å². The summed E-state index contributed by atoms with van der Waals surface area (Å²) in [5.41, 5.74) is 3.36. The number of fused-ring (bicyclic) bond motifs is 1. The summed E-state index contributed by atoms with van der Waals surface area (Å²) in [6, 6.07) is 13.5. The van der Waals surface area contributed by atoms with E-state index < -0.39 is 0 Å². The van der Waals surface area contributed by atoms with Crippen LogP contribution in [0.15, 0.2) is 42.5 Å². The van der Waals surface area contributed by atoms with Gasteiger partial charge in [0.25, 0.3) is 0 Å². The lowest BCUT2D eigenvalue weighted by Gasteiger charge is -2.10. The molecule has 2 aromatic heterocycles. The number of ether oxygens (including phenoxy) is 1. The first-order valence-electron chi connectivity index (χ1n) is 7.86. The maximum atomic E-state index is 9.24. The second kappa shape index (κ2) is 6.03. The van der Waals surface area contributed by atoms with Gasteiger partial charge in [-0.25, -0.2) is 14.6 Å². The minimum Gasteiger partial charge on any atom is -0.494 e. The Morgan fingerprint density at radius 1 is 1.16 bits per heavy atom. The first-order chi connectivity index (χ1) is 12.2. The van der Waals surface area contributed by atoms with E-state index in [1.165, 1.54) is 0 Å². The van der Waals surface area contributed by atoms with Crippen LogP contribution in [-0.2, 0) is 6.61 Å². The van der Waals surface area contributed by atoms with Gasteiger partial charge >= 0.3 is 0 Å². The molecule has 0 unspecified atom stereocenters. The highest BCUT2D eigenvalue weighted by molar-refractivity contribution is 5.81. The van der Waals surface area contributed by atoms with Crippen molar-refractivity contribution in [3.05, 3.63) is 54.1 Å². The maximum Gasteiger partial charge on any atom is 0.163 e. The molecule has 0 spiro atoms. The second-order valence-corrected chi connectivity index (χ2v) is 5.64. The minimum absolute atomic E-state index is 0.124. The van der Waals surface area contributed by atoms with Crippen LogP contribution >= 0.6 is 0 Å². The minimum atomic E-state index is -0.124. The zero-order valence-corrected chi connectivity index (χ0v) is 13.9. The first kappa shape index (κ1) is 15.3. The van der Waals surface area contributed by atoms with E-state index in [1.807, 2.05) is 49.4 Å². The molecule has 0 atom stereocenters. The van der Waals surface area contributed by atoms with Crippen LogP contribution in [0.1, 0.15) is 11.6 Å². The molecule has 25 heavy (non-hydrogen) atoms. The molecule has 0 aliphatic carbocycles. The quantitative estimate of drug-likeness (QED) is 0.598. The number of aromatic amines is 1. The summed E-state index contributed by atoms with van der Waals surface area (Å²) >= 11 is 0. The third kappa shape index (κ3) is 2.64. The van der Waals surface area contributed by atoms with Crippen molar-refractivity contribution in [1.82, 2.24) is 24.7 Å².